The van der Waals surface area contributed by atoms with Crippen molar-refractivity contribution in [2.75, 3.05) is 4.90 Å². The van der Waals surface area contributed by atoms with E-state index in [9.17, 15) is 9.59 Å². The highest BCUT2D eigenvalue weighted by atomic mass is 16.2. The van der Waals surface area contributed by atoms with Crippen LogP contribution < -0.4 is 10.2 Å². The smallest absolute Gasteiger partial charge is 0.277 e. The first kappa shape index (κ1) is 24.3. The topological polar surface area (TPSA) is 67.2 Å². The number of benzene rings is 2. The van der Waals surface area contributed by atoms with Gasteiger partial charge in [0, 0.05) is 17.3 Å². The number of carbonyl (C=O) groups is 2. The number of amides is 2. The Morgan fingerprint density at radius 1 is 1.03 bits per heavy atom. The van der Waals surface area contributed by atoms with Gasteiger partial charge in [0.1, 0.15) is 11.2 Å². The molecular formula is C30H36N4O2. The maximum Gasteiger partial charge on any atom is 0.277 e. The SMILES string of the molecule is CCc1ccc(-c2cc3n(n2)C[C@](C)(C(=O)NC2CCCCC2)N(c2ccc(C)c(C)c2)C3=O)cc1. The van der Waals surface area contributed by atoms with Gasteiger partial charge in [0.15, 0.2) is 0 Å². The maximum absolute atomic E-state index is 14.1. The van der Waals surface area contributed by atoms with Crippen molar-refractivity contribution in [3.63, 3.8) is 0 Å². The number of hydrogen-bond donors (Lipinski definition) is 1. The van der Waals surface area contributed by atoms with Gasteiger partial charge >= 0.3 is 0 Å². The number of anilines is 1. The highest BCUT2D eigenvalue weighted by Crippen LogP contribution is 2.35. The molecule has 6 heteroatoms. The lowest BCUT2D eigenvalue weighted by molar-refractivity contribution is -0.127. The molecule has 36 heavy (non-hydrogen) atoms. The Morgan fingerprint density at radius 3 is 2.42 bits per heavy atom. The molecule has 2 aromatic carbocycles. The van der Waals surface area contributed by atoms with Crippen LogP contribution in [-0.2, 0) is 17.8 Å². The van der Waals surface area contributed by atoms with Crippen LogP contribution in [0.2, 0.25) is 0 Å². The van der Waals surface area contributed by atoms with Gasteiger partial charge in [-0.25, -0.2) is 0 Å². The first-order chi connectivity index (χ1) is 17.3. The van der Waals surface area contributed by atoms with Crippen LogP contribution in [0.5, 0.6) is 0 Å². The summed E-state index contributed by atoms with van der Waals surface area (Å²) in [6, 6.07) is 16.3. The zero-order chi connectivity index (χ0) is 25.4. The van der Waals surface area contributed by atoms with E-state index >= 15 is 0 Å². The molecule has 1 fully saturated rings. The number of carbonyl (C=O) groups excluding carboxylic acids is 2. The standard InChI is InChI=1S/C30H36N4O2/c1-5-22-12-14-23(15-13-22)26-18-27-28(35)34(25-16-11-20(2)21(3)17-25)30(4,19-33(27)32-26)29(36)31-24-9-7-6-8-10-24/h11-18,24H,5-10,19H2,1-4H3,(H,31,36)/t30-/m1/s1. The van der Waals surface area contributed by atoms with Gasteiger partial charge < -0.3 is 5.32 Å². The molecule has 3 aromatic rings. The number of rotatable bonds is 5. The van der Waals surface area contributed by atoms with Gasteiger partial charge in [-0.3, -0.25) is 19.2 Å². The van der Waals surface area contributed by atoms with Crippen LogP contribution in [0.15, 0.2) is 48.5 Å². The van der Waals surface area contributed by atoms with Crippen molar-refractivity contribution >= 4 is 17.5 Å². The number of nitrogens with one attached hydrogen (secondary N) is 1. The molecule has 1 saturated carbocycles. The Labute approximate surface area is 213 Å². The first-order valence-corrected chi connectivity index (χ1v) is 13.2. The number of fused-ring (bicyclic) bond motifs is 1. The minimum absolute atomic E-state index is 0.115. The Morgan fingerprint density at radius 2 is 1.75 bits per heavy atom. The molecule has 5 rings (SSSR count). The van der Waals surface area contributed by atoms with Gasteiger partial charge in [0.25, 0.3) is 5.91 Å². The fourth-order valence-electron chi connectivity index (χ4n) is 5.49. The van der Waals surface area contributed by atoms with Crippen LogP contribution in [0.3, 0.4) is 0 Å². The second-order valence-corrected chi connectivity index (χ2v) is 10.6. The summed E-state index contributed by atoms with van der Waals surface area (Å²) < 4.78 is 1.73. The first-order valence-electron chi connectivity index (χ1n) is 13.2. The number of nitrogens with zero attached hydrogens (tertiary/aromatic N) is 3. The summed E-state index contributed by atoms with van der Waals surface area (Å²) in [5.41, 5.74) is 5.36. The zero-order valence-electron chi connectivity index (χ0n) is 21.8. The van der Waals surface area contributed by atoms with Gasteiger partial charge in [-0.1, -0.05) is 56.5 Å². The lowest BCUT2D eigenvalue weighted by Crippen LogP contribution is -2.65. The largest absolute Gasteiger partial charge is 0.351 e. The van der Waals surface area contributed by atoms with Gasteiger partial charge in [-0.05, 0) is 74.9 Å². The van der Waals surface area contributed by atoms with E-state index in [1.54, 1.807) is 9.58 Å². The summed E-state index contributed by atoms with van der Waals surface area (Å²) in [7, 11) is 0. The predicted molar refractivity (Wildman–Crippen MR) is 143 cm³/mol. The minimum atomic E-state index is -1.10. The highest BCUT2D eigenvalue weighted by Gasteiger charge is 2.49. The van der Waals surface area contributed by atoms with Gasteiger partial charge in [0.2, 0.25) is 5.91 Å². The van der Waals surface area contributed by atoms with Crippen molar-refractivity contribution in [1.82, 2.24) is 15.1 Å². The van der Waals surface area contributed by atoms with Crippen molar-refractivity contribution in [3.8, 4) is 11.3 Å². The van der Waals surface area contributed by atoms with Crippen molar-refractivity contribution in [2.45, 2.75) is 84.3 Å². The number of hydrogen-bond acceptors (Lipinski definition) is 3. The van der Waals surface area contributed by atoms with E-state index in [0.717, 1.165) is 60.2 Å². The Hall–Kier alpha value is -3.41. The van der Waals surface area contributed by atoms with Crippen molar-refractivity contribution in [2.24, 2.45) is 0 Å². The molecule has 0 saturated heterocycles. The normalized spacial score (nSPS) is 20.3. The number of aromatic nitrogens is 2. The van der Waals surface area contributed by atoms with E-state index < -0.39 is 5.54 Å². The summed E-state index contributed by atoms with van der Waals surface area (Å²) in [6.45, 7) is 8.39. The second kappa shape index (κ2) is 9.57. The molecular weight excluding hydrogens is 448 g/mol. The van der Waals surface area contributed by atoms with E-state index in [1.807, 2.05) is 50.2 Å². The molecule has 6 nitrogen and oxygen atoms in total. The molecule has 1 aromatic heterocycles. The molecule has 188 valence electrons. The summed E-state index contributed by atoms with van der Waals surface area (Å²) in [6.07, 6.45) is 6.43. The summed E-state index contributed by atoms with van der Waals surface area (Å²) >= 11 is 0. The fraction of sp³-hybridized carbons (Fsp3) is 0.433. The van der Waals surface area contributed by atoms with Crippen LogP contribution in [0.4, 0.5) is 5.69 Å². The Bertz CT molecular complexity index is 1290. The summed E-state index contributed by atoms with van der Waals surface area (Å²) in [4.78, 5) is 29.6. The molecule has 2 heterocycles. The minimum Gasteiger partial charge on any atom is -0.351 e. The van der Waals surface area contributed by atoms with E-state index in [-0.39, 0.29) is 17.9 Å². The molecule has 1 atom stereocenters. The summed E-state index contributed by atoms with van der Waals surface area (Å²) in [5.74, 6) is -0.314. The monoisotopic (exact) mass is 484 g/mol. The predicted octanol–water partition coefficient (Wildman–Crippen LogP) is 5.60. The molecule has 0 unspecified atom stereocenters. The van der Waals surface area contributed by atoms with Crippen molar-refractivity contribution < 1.29 is 9.59 Å². The van der Waals surface area contributed by atoms with E-state index in [0.29, 0.717) is 12.2 Å². The average Bonchev–Trinajstić information content (AvgIpc) is 3.31. The van der Waals surface area contributed by atoms with Crippen LogP contribution >= 0.6 is 0 Å². The lowest BCUT2D eigenvalue weighted by atomic mass is 9.90. The third kappa shape index (κ3) is 4.34. The van der Waals surface area contributed by atoms with E-state index in [1.165, 1.54) is 12.0 Å². The van der Waals surface area contributed by atoms with E-state index in [2.05, 4.69) is 31.3 Å². The molecule has 0 spiro atoms. The molecule has 1 aliphatic heterocycles. The molecule has 0 radical (unpaired) electrons. The van der Waals surface area contributed by atoms with Crippen LogP contribution in [0.25, 0.3) is 11.3 Å². The second-order valence-electron chi connectivity index (χ2n) is 10.6. The number of aryl methyl sites for hydroxylation is 3. The molecule has 1 N–H and O–H groups in total. The van der Waals surface area contributed by atoms with Gasteiger partial charge in [-0.15, -0.1) is 0 Å². The molecule has 2 aliphatic rings. The summed E-state index contributed by atoms with van der Waals surface area (Å²) in [5, 5.41) is 8.08. The van der Waals surface area contributed by atoms with Gasteiger partial charge in [-0.2, -0.15) is 5.10 Å². The molecule has 1 aliphatic carbocycles. The average molecular weight is 485 g/mol. The van der Waals surface area contributed by atoms with Crippen LogP contribution in [-0.4, -0.2) is 33.2 Å². The quantitative estimate of drug-likeness (QED) is 0.513. The third-order valence-corrected chi connectivity index (χ3v) is 7.99. The Kier molecular flexibility index (Phi) is 6.45. The van der Waals surface area contributed by atoms with Crippen LogP contribution in [0.1, 0.15) is 73.1 Å². The van der Waals surface area contributed by atoms with E-state index in [4.69, 9.17) is 5.10 Å². The Balaban J connectivity index is 1.56. The van der Waals surface area contributed by atoms with Crippen molar-refractivity contribution in [3.05, 3.63) is 70.9 Å². The molecule has 0 bridgehead atoms. The van der Waals surface area contributed by atoms with Crippen LogP contribution in [0, 0.1) is 13.8 Å². The molecule has 2 amide bonds. The van der Waals surface area contributed by atoms with Gasteiger partial charge in [0.05, 0.1) is 12.2 Å². The fourth-order valence-corrected chi connectivity index (χ4v) is 5.49. The van der Waals surface area contributed by atoms with Crippen molar-refractivity contribution in [1.29, 1.82) is 0 Å². The zero-order valence-corrected chi connectivity index (χ0v) is 21.8. The maximum atomic E-state index is 14.1. The lowest BCUT2D eigenvalue weighted by Gasteiger charge is -2.44. The third-order valence-electron chi connectivity index (χ3n) is 7.99. The highest BCUT2D eigenvalue weighted by molar-refractivity contribution is 6.12.